The fraction of sp³-hybridized carbons (Fsp3) is 0.133. The monoisotopic (exact) mass is 252 g/mol. The van der Waals surface area contributed by atoms with Gasteiger partial charge in [-0.15, -0.1) is 0 Å². The Morgan fingerprint density at radius 2 is 1.21 bits per heavy atom. The molecule has 0 bridgehead atoms. The van der Waals surface area contributed by atoms with Crippen LogP contribution in [-0.4, -0.2) is 19.2 Å². The van der Waals surface area contributed by atoms with Crippen molar-refractivity contribution in [2.75, 3.05) is 13.2 Å². The third-order valence-electron chi connectivity index (χ3n) is 2.67. The topological polar surface area (TPSA) is 43.2 Å². The van der Waals surface area contributed by atoms with Crippen LogP contribution >= 0.6 is 0 Å². The standard InChI is InChI=1S/C15H12N2O2/c1-3-7-14-12(5-1)16-11-17-13-6-2-4-8-15(13)19-10-9-18-14/h1-8H,9-10H2. The van der Waals surface area contributed by atoms with E-state index < -0.39 is 0 Å². The van der Waals surface area contributed by atoms with Crippen molar-refractivity contribution in [3.8, 4) is 11.5 Å². The summed E-state index contributed by atoms with van der Waals surface area (Å²) < 4.78 is 11.3. The van der Waals surface area contributed by atoms with Gasteiger partial charge in [-0.2, -0.15) is 9.98 Å². The first kappa shape index (κ1) is 11.5. The maximum Gasteiger partial charge on any atom is 0.145 e. The van der Waals surface area contributed by atoms with E-state index in [0.717, 1.165) is 0 Å². The number of rotatable bonds is 0. The molecule has 0 spiro atoms. The summed E-state index contributed by atoms with van der Waals surface area (Å²) >= 11 is 0. The molecular weight excluding hydrogens is 240 g/mol. The maximum atomic E-state index is 5.63. The number of ether oxygens (including phenoxy) is 2. The van der Waals surface area contributed by atoms with E-state index in [2.05, 4.69) is 16.0 Å². The van der Waals surface area contributed by atoms with Crippen LogP contribution < -0.4 is 9.47 Å². The maximum absolute atomic E-state index is 5.63. The molecule has 0 fully saturated rings. The van der Waals surface area contributed by atoms with Gasteiger partial charge in [0.15, 0.2) is 0 Å². The lowest BCUT2D eigenvalue weighted by Gasteiger charge is -2.09. The highest BCUT2D eigenvalue weighted by Gasteiger charge is 2.05. The highest BCUT2D eigenvalue weighted by atomic mass is 16.5. The largest absolute Gasteiger partial charge is 0.488 e. The highest BCUT2D eigenvalue weighted by Crippen LogP contribution is 2.29. The van der Waals surface area contributed by atoms with Crippen LogP contribution in [0.4, 0.5) is 11.4 Å². The van der Waals surface area contributed by atoms with Crippen molar-refractivity contribution in [3.63, 3.8) is 0 Å². The van der Waals surface area contributed by atoms with Crippen LogP contribution in [-0.2, 0) is 0 Å². The van der Waals surface area contributed by atoms with E-state index >= 15 is 0 Å². The fourth-order valence-corrected chi connectivity index (χ4v) is 1.78. The zero-order valence-corrected chi connectivity index (χ0v) is 10.2. The van der Waals surface area contributed by atoms with Gasteiger partial charge in [0.1, 0.15) is 42.1 Å². The summed E-state index contributed by atoms with van der Waals surface area (Å²) in [5, 5.41) is 0. The molecular formula is C15H12N2O2. The number of benzene rings is 2. The Labute approximate surface area is 111 Å². The molecule has 1 aliphatic heterocycles. The summed E-state index contributed by atoms with van der Waals surface area (Å²) in [4.78, 5) is 8.38. The second kappa shape index (κ2) is 5.38. The van der Waals surface area contributed by atoms with Crippen LogP contribution in [0.2, 0.25) is 0 Å². The summed E-state index contributed by atoms with van der Waals surface area (Å²) in [5.41, 5.74) is 1.43. The van der Waals surface area contributed by atoms with Crippen molar-refractivity contribution in [1.29, 1.82) is 0 Å². The molecule has 0 aromatic heterocycles. The third kappa shape index (κ3) is 2.64. The van der Waals surface area contributed by atoms with Crippen LogP contribution in [0.5, 0.6) is 11.5 Å². The molecule has 3 rings (SSSR count). The van der Waals surface area contributed by atoms with E-state index in [1.165, 1.54) is 0 Å². The molecule has 0 aliphatic carbocycles. The van der Waals surface area contributed by atoms with E-state index in [9.17, 15) is 0 Å². The first-order chi connectivity index (χ1) is 9.43. The molecule has 0 amide bonds. The van der Waals surface area contributed by atoms with Crippen molar-refractivity contribution in [2.45, 2.75) is 0 Å². The van der Waals surface area contributed by atoms with Gasteiger partial charge in [-0.05, 0) is 24.3 Å². The minimum absolute atomic E-state index is 0.459. The fourth-order valence-electron chi connectivity index (χ4n) is 1.78. The molecule has 2 aromatic carbocycles. The van der Waals surface area contributed by atoms with Gasteiger partial charge < -0.3 is 9.47 Å². The molecule has 0 N–H and O–H groups in total. The molecule has 19 heavy (non-hydrogen) atoms. The van der Waals surface area contributed by atoms with E-state index in [1.54, 1.807) is 0 Å². The van der Waals surface area contributed by atoms with Gasteiger partial charge in [-0.3, -0.25) is 0 Å². The van der Waals surface area contributed by atoms with Crippen LogP contribution in [0.3, 0.4) is 0 Å². The smallest absolute Gasteiger partial charge is 0.145 e. The Kier molecular flexibility index (Phi) is 3.26. The number of fused-ring (bicyclic) bond motifs is 2. The molecule has 0 saturated heterocycles. The molecule has 0 radical (unpaired) electrons. The minimum Gasteiger partial charge on any atom is -0.488 e. The van der Waals surface area contributed by atoms with E-state index in [4.69, 9.17) is 9.47 Å². The van der Waals surface area contributed by atoms with Gasteiger partial charge in [0.2, 0.25) is 0 Å². The van der Waals surface area contributed by atoms with E-state index in [1.807, 2.05) is 48.5 Å². The van der Waals surface area contributed by atoms with E-state index in [0.29, 0.717) is 36.1 Å². The number of hydrogen-bond acceptors (Lipinski definition) is 4. The van der Waals surface area contributed by atoms with Gasteiger partial charge in [0.25, 0.3) is 0 Å². The third-order valence-corrected chi connectivity index (χ3v) is 2.67. The Morgan fingerprint density at radius 3 is 1.74 bits per heavy atom. The average Bonchev–Trinajstić information content (AvgIpc) is 2.49. The normalized spacial score (nSPS) is 13.5. The van der Waals surface area contributed by atoms with Crippen LogP contribution in [0.25, 0.3) is 0 Å². The molecule has 0 unspecified atom stereocenters. The Hall–Kier alpha value is -2.58. The second-order valence-electron chi connectivity index (χ2n) is 3.96. The zero-order chi connectivity index (χ0) is 12.9. The van der Waals surface area contributed by atoms with E-state index in [-0.39, 0.29) is 0 Å². The number of para-hydroxylation sites is 4. The SMILES string of the molecule is C1=Nc2ccccc2OCCOc2ccccc2N=1. The molecule has 1 heterocycles. The van der Waals surface area contributed by atoms with Crippen molar-refractivity contribution in [3.05, 3.63) is 48.5 Å². The van der Waals surface area contributed by atoms with Gasteiger partial charge in [-0.1, -0.05) is 24.3 Å². The van der Waals surface area contributed by atoms with Crippen molar-refractivity contribution in [1.82, 2.24) is 0 Å². The van der Waals surface area contributed by atoms with Crippen molar-refractivity contribution in [2.24, 2.45) is 9.98 Å². The summed E-state index contributed by atoms with van der Waals surface area (Å²) in [6.45, 7) is 0.918. The number of nitrogens with zero attached hydrogens (tertiary/aromatic N) is 2. The summed E-state index contributed by atoms with van der Waals surface area (Å²) in [6.07, 6.45) is 0. The van der Waals surface area contributed by atoms with Crippen molar-refractivity contribution < 1.29 is 9.47 Å². The molecule has 0 atom stereocenters. The van der Waals surface area contributed by atoms with Crippen LogP contribution in [0.15, 0.2) is 58.5 Å². The lowest BCUT2D eigenvalue weighted by molar-refractivity contribution is 0.218. The first-order valence-electron chi connectivity index (χ1n) is 6.03. The van der Waals surface area contributed by atoms with Gasteiger partial charge in [-0.25, -0.2) is 0 Å². The molecule has 94 valence electrons. The summed E-state index contributed by atoms with van der Waals surface area (Å²) in [5.74, 6) is 1.42. The molecule has 0 saturated carbocycles. The summed E-state index contributed by atoms with van der Waals surface area (Å²) in [7, 11) is 0. The molecule has 4 heteroatoms. The van der Waals surface area contributed by atoms with Gasteiger partial charge >= 0.3 is 0 Å². The Bertz CT molecular complexity index is 593. The molecule has 4 nitrogen and oxygen atoms in total. The zero-order valence-electron chi connectivity index (χ0n) is 10.2. The number of hydrogen-bond donors (Lipinski definition) is 0. The Morgan fingerprint density at radius 1 is 0.737 bits per heavy atom. The molecule has 1 aliphatic rings. The summed E-state index contributed by atoms with van der Waals surface area (Å²) in [6, 6.07) is 17.8. The minimum atomic E-state index is 0.459. The average molecular weight is 252 g/mol. The predicted octanol–water partition coefficient (Wildman–Crippen LogP) is 3.59. The lowest BCUT2D eigenvalue weighted by atomic mass is 10.3. The molecule has 2 aromatic rings. The second-order valence-corrected chi connectivity index (χ2v) is 3.96. The first-order valence-corrected chi connectivity index (χ1v) is 6.03. The highest BCUT2D eigenvalue weighted by molar-refractivity contribution is 5.64. The lowest BCUT2D eigenvalue weighted by Crippen LogP contribution is -2.08. The van der Waals surface area contributed by atoms with Crippen molar-refractivity contribution >= 4 is 17.4 Å². The quantitative estimate of drug-likeness (QED) is 0.719. The predicted molar refractivity (Wildman–Crippen MR) is 73.1 cm³/mol. The van der Waals surface area contributed by atoms with Crippen LogP contribution in [0.1, 0.15) is 0 Å². The Balaban J connectivity index is 2.03. The van der Waals surface area contributed by atoms with Gasteiger partial charge in [0.05, 0.1) is 0 Å². The van der Waals surface area contributed by atoms with Crippen LogP contribution in [0, 0.1) is 0 Å². The number of aliphatic imine (C=N–C) groups is 2. The van der Waals surface area contributed by atoms with Gasteiger partial charge in [0, 0.05) is 0 Å².